The third-order valence-corrected chi connectivity index (χ3v) is 5.50. The zero-order valence-corrected chi connectivity index (χ0v) is 17.7. The third kappa shape index (κ3) is 13.3. The Morgan fingerprint density at radius 3 is 1.88 bits per heavy atom. The Kier molecular flexibility index (Phi) is 12.4. The molecule has 25 heavy (non-hydrogen) atoms. The maximum Gasteiger partial charge on any atom is 0.154 e. The van der Waals surface area contributed by atoms with Gasteiger partial charge in [0.05, 0.1) is 25.5 Å². The molecule has 0 saturated carbocycles. The standard InChI is InChI=1S/C12H27ClN.C7H8O3S/c1-4-5-6-7-8-9-10-11-14(2,3)12-13;1-6-2-4-7(5-3-6)11(8,9)10/h4-12H2,1-3H3;2-5H,1H3,(H,8,9,10)/q+1;/p-1. The van der Waals surface area contributed by atoms with Crippen molar-refractivity contribution in [2.75, 3.05) is 26.6 Å². The van der Waals surface area contributed by atoms with Crippen LogP contribution in [0.3, 0.4) is 0 Å². The van der Waals surface area contributed by atoms with E-state index < -0.39 is 10.1 Å². The van der Waals surface area contributed by atoms with Gasteiger partial charge in [-0.3, -0.25) is 0 Å². The molecule has 0 heterocycles. The second kappa shape index (κ2) is 12.7. The predicted molar refractivity (Wildman–Crippen MR) is 105 cm³/mol. The van der Waals surface area contributed by atoms with E-state index >= 15 is 0 Å². The van der Waals surface area contributed by atoms with Crippen molar-refractivity contribution in [3.63, 3.8) is 0 Å². The van der Waals surface area contributed by atoms with Crippen molar-refractivity contribution in [2.24, 2.45) is 0 Å². The summed E-state index contributed by atoms with van der Waals surface area (Å²) in [6.07, 6.45) is 9.70. The van der Waals surface area contributed by atoms with Crippen LogP contribution in [0.15, 0.2) is 29.2 Å². The number of quaternary nitrogens is 1. The molecule has 4 nitrogen and oxygen atoms in total. The Hall–Kier alpha value is -0.620. The number of alkyl halides is 1. The number of benzene rings is 1. The van der Waals surface area contributed by atoms with Crippen LogP contribution in [0, 0.1) is 6.92 Å². The molecule has 0 N–H and O–H groups in total. The fourth-order valence-corrected chi connectivity index (χ4v) is 2.85. The average molecular weight is 392 g/mol. The van der Waals surface area contributed by atoms with Crippen molar-refractivity contribution in [1.82, 2.24) is 0 Å². The molecule has 1 rings (SSSR count). The fourth-order valence-electron chi connectivity index (χ4n) is 2.26. The molecule has 0 aliphatic rings. The highest BCUT2D eigenvalue weighted by Crippen LogP contribution is 2.10. The molecule has 0 bridgehead atoms. The van der Waals surface area contributed by atoms with Gasteiger partial charge >= 0.3 is 0 Å². The minimum absolute atomic E-state index is 0.178. The zero-order chi connectivity index (χ0) is 19.3. The Bertz CT molecular complexity index is 557. The molecule has 0 aliphatic carbocycles. The quantitative estimate of drug-likeness (QED) is 0.187. The first-order chi connectivity index (χ1) is 11.6. The van der Waals surface area contributed by atoms with Gasteiger partial charge in [0.2, 0.25) is 0 Å². The Balaban J connectivity index is 0.000000472. The minimum atomic E-state index is -4.27. The average Bonchev–Trinajstić information content (AvgIpc) is 2.54. The topological polar surface area (TPSA) is 57.2 Å². The summed E-state index contributed by atoms with van der Waals surface area (Å²) >= 11 is 5.85. The van der Waals surface area contributed by atoms with Gasteiger partial charge in [0.15, 0.2) is 6.00 Å². The summed E-state index contributed by atoms with van der Waals surface area (Å²) in [6, 6.07) is 6.51. The Morgan fingerprint density at radius 2 is 1.44 bits per heavy atom. The molecule has 146 valence electrons. The van der Waals surface area contributed by atoms with Crippen LogP contribution in [-0.2, 0) is 10.1 Å². The van der Waals surface area contributed by atoms with E-state index in [9.17, 15) is 13.0 Å². The van der Waals surface area contributed by atoms with E-state index in [2.05, 4.69) is 21.0 Å². The molecule has 0 fully saturated rings. The van der Waals surface area contributed by atoms with Crippen molar-refractivity contribution >= 4 is 21.7 Å². The summed E-state index contributed by atoms with van der Waals surface area (Å²) in [5.41, 5.74) is 0.928. The number of aryl methyl sites for hydroxylation is 1. The van der Waals surface area contributed by atoms with E-state index in [-0.39, 0.29) is 4.90 Å². The SMILES string of the molecule is CCCCCCCCC[N+](C)(C)CCl.Cc1ccc(S(=O)(=O)[O-])cc1. The number of nitrogens with zero attached hydrogens (tertiary/aromatic N) is 1. The van der Waals surface area contributed by atoms with Gasteiger partial charge < -0.3 is 9.04 Å². The summed E-state index contributed by atoms with van der Waals surface area (Å²) < 4.78 is 32.1. The van der Waals surface area contributed by atoms with Gasteiger partial charge in [0.1, 0.15) is 10.1 Å². The number of hydrogen-bond donors (Lipinski definition) is 0. The maximum absolute atomic E-state index is 10.4. The van der Waals surface area contributed by atoms with Crippen LogP contribution in [0.2, 0.25) is 0 Å². The second-order valence-electron chi connectivity index (χ2n) is 7.17. The van der Waals surface area contributed by atoms with Crippen LogP contribution in [-0.4, -0.2) is 44.1 Å². The monoisotopic (exact) mass is 391 g/mol. The molecule has 0 radical (unpaired) electrons. The second-order valence-corrected chi connectivity index (χ2v) is 8.79. The van der Waals surface area contributed by atoms with Gasteiger partial charge in [-0.2, -0.15) is 0 Å². The van der Waals surface area contributed by atoms with Gasteiger partial charge in [-0.1, -0.05) is 68.3 Å². The molecule has 0 saturated heterocycles. The Labute approximate surface area is 159 Å². The van der Waals surface area contributed by atoms with Crippen molar-refractivity contribution < 1.29 is 17.5 Å². The van der Waals surface area contributed by atoms with Gasteiger partial charge in [-0.25, -0.2) is 8.42 Å². The molecule has 0 amide bonds. The lowest BCUT2D eigenvalue weighted by Gasteiger charge is -2.26. The summed E-state index contributed by atoms with van der Waals surface area (Å²) in [6.45, 7) is 5.30. The maximum atomic E-state index is 10.4. The summed E-state index contributed by atoms with van der Waals surface area (Å²) in [7, 11) is 0.127. The molecule has 1 aromatic rings. The van der Waals surface area contributed by atoms with Crippen LogP contribution < -0.4 is 0 Å². The highest BCUT2D eigenvalue weighted by molar-refractivity contribution is 7.85. The zero-order valence-electron chi connectivity index (χ0n) is 16.1. The van der Waals surface area contributed by atoms with Crippen LogP contribution in [0.25, 0.3) is 0 Å². The van der Waals surface area contributed by atoms with Crippen molar-refractivity contribution in [3.05, 3.63) is 29.8 Å². The first-order valence-corrected chi connectivity index (χ1v) is 11.0. The Morgan fingerprint density at radius 1 is 0.960 bits per heavy atom. The molecule has 0 aromatic heterocycles. The molecular weight excluding hydrogens is 358 g/mol. The summed E-state index contributed by atoms with van der Waals surface area (Å²) in [4.78, 5) is -0.178. The molecule has 0 spiro atoms. The molecule has 0 aliphatic heterocycles. The van der Waals surface area contributed by atoms with Gasteiger partial charge in [0.25, 0.3) is 0 Å². The lowest BCUT2D eigenvalue weighted by Crippen LogP contribution is -2.38. The molecular formula is C19H34ClNO3S. The van der Waals surface area contributed by atoms with Crippen LogP contribution in [0.4, 0.5) is 0 Å². The van der Waals surface area contributed by atoms with E-state index in [1.807, 2.05) is 6.92 Å². The minimum Gasteiger partial charge on any atom is -0.744 e. The van der Waals surface area contributed by atoms with Gasteiger partial charge in [-0.15, -0.1) is 0 Å². The van der Waals surface area contributed by atoms with Crippen LogP contribution in [0.1, 0.15) is 57.4 Å². The highest BCUT2D eigenvalue weighted by atomic mass is 35.5. The highest BCUT2D eigenvalue weighted by Gasteiger charge is 2.11. The lowest BCUT2D eigenvalue weighted by molar-refractivity contribution is -0.879. The largest absolute Gasteiger partial charge is 0.744 e. The first-order valence-electron chi connectivity index (χ1n) is 9.03. The lowest BCUT2D eigenvalue weighted by atomic mass is 10.1. The van der Waals surface area contributed by atoms with E-state index in [1.165, 1.54) is 63.6 Å². The van der Waals surface area contributed by atoms with Crippen LogP contribution in [0.5, 0.6) is 0 Å². The van der Waals surface area contributed by atoms with Gasteiger partial charge in [0, 0.05) is 0 Å². The summed E-state index contributed by atoms with van der Waals surface area (Å²) in [5.74, 6) is 0. The molecule has 0 atom stereocenters. The third-order valence-electron chi connectivity index (χ3n) is 4.00. The molecule has 0 unspecified atom stereocenters. The van der Waals surface area contributed by atoms with E-state index in [1.54, 1.807) is 12.1 Å². The smallest absolute Gasteiger partial charge is 0.154 e. The number of unbranched alkanes of at least 4 members (excludes halogenated alkanes) is 6. The van der Waals surface area contributed by atoms with E-state index in [4.69, 9.17) is 11.6 Å². The summed E-state index contributed by atoms with van der Waals surface area (Å²) in [5, 5.41) is 0. The van der Waals surface area contributed by atoms with Crippen molar-refractivity contribution in [1.29, 1.82) is 0 Å². The van der Waals surface area contributed by atoms with Crippen LogP contribution >= 0.6 is 11.6 Å². The number of rotatable bonds is 10. The van der Waals surface area contributed by atoms with E-state index in [0.717, 1.165) is 16.1 Å². The number of halogens is 1. The van der Waals surface area contributed by atoms with E-state index in [0.29, 0.717) is 0 Å². The fraction of sp³-hybridized carbons (Fsp3) is 0.684. The number of hydrogen-bond acceptors (Lipinski definition) is 3. The van der Waals surface area contributed by atoms with Crippen molar-refractivity contribution in [3.8, 4) is 0 Å². The first kappa shape index (κ1) is 24.4. The molecule has 6 heteroatoms. The van der Waals surface area contributed by atoms with Gasteiger partial charge in [-0.05, 0) is 31.9 Å². The van der Waals surface area contributed by atoms with Crippen molar-refractivity contribution in [2.45, 2.75) is 63.7 Å². The predicted octanol–water partition coefficient (Wildman–Crippen LogP) is 4.91. The normalized spacial score (nSPS) is 11.8. The molecule has 1 aromatic carbocycles.